The van der Waals surface area contributed by atoms with E-state index in [1.54, 1.807) is 12.3 Å². The average molecular weight is 310 g/mol. The lowest BCUT2D eigenvalue weighted by molar-refractivity contribution is 0.0671. The van der Waals surface area contributed by atoms with Crippen LogP contribution in [0.1, 0.15) is 59.6 Å². The molecule has 1 saturated heterocycles. The van der Waals surface area contributed by atoms with Gasteiger partial charge in [-0.05, 0) is 44.7 Å². The summed E-state index contributed by atoms with van der Waals surface area (Å²) in [6.45, 7) is 3.70. The van der Waals surface area contributed by atoms with Crippen molar-refractivity contribution in [2.45, 2.75) is 44.6 Å². The summed E-state index contributed by atoms with van der Waals surface area (Å²) in [5.41, 5.74) is 1.75. The number of likely N-dealkylation sites (tertiary alicyclic amines) is 1. The summed E-state index contributed by atoms with van der Waals surface area (Å²) in [5.74, 6) is 1.89. The Morgan fingerprint density at radius 3 is 2.83 bits per heavy atom. The minimum Gasteiger partial charge on any atom is -0.335 e. The smallest absolute Gasteiger partial charge is 0.272 e. The first-order valence-electron chi connectivity index (χ1n) is 8.48. The van der Waals surface area contributed by atoms with Gasteiger partial charge in [0.2, 0.25) is 0 Å². The van der Waals surface area contributed by atoms with Crippen LogP contribution in [-0.2, 0) is 0 Å². The Bertz CT molecular complexity index is 705. The maximum atomic E-state index is 12.7. The van der Waals surface area contributed by atoms with Gasteiger partial charge in [0.25, 0.3) is 5.91 Å². The number of aryl methyl sites for hydroxylation is 1. The molecule has 3 heterocycles. The molecule has 1 unspecified atom stereocenters. The van der Waals surface area contributed by atoms with E-state index in [-0.39, 0.29) is 5.91 Å². The highest BCUT2D eigenvalue weighted by atomic mass is 16.2. The molecule has 0 N–H and O–H groups in total. The Kier molecular flexibility index (Phi) is 3.63. The minimum absolute atomic E-state index is 0.0426. The van der Waals surface area contributed by atoms with Crippen molar-refractivity contribution in [3.05, 3.63) is 47.8 Å². The highest BCUT2D eigenvalue weighted by molar-refractivity contribution is 5.92. The second-order valence-corrected chi connectivity index (χ2v) is 6.66. The van der Waals surface area contributed by atoms with Gasteiger partial charge in [0.05, 0.1) is 6.04 Å². The number of imidazole rings is 1. The van der Waals surface area contributed by atoms with Crippen molar-refractivity contribution in [2.24, 2.45) is 0 Å². The van der Waals surface area contributed by atoms with Crippen LogP contribution in [0, 0.1) is 6.92 Å². The normalized spacial score (nSPS) is 21.4. The van der Waals surface area contributed by atoms with Crippen molar-refractivity contribution in [1.29, 1.82) is 0 Å². The Hall–Kier alpha value is -2.17. The van der Waals surface area contributed by atoms with Crippen molar-refractivity contribution in [3.63, 3.8) is 0 Å². The van der Waals surface area contributed by atoms with Crippen LogP contribution in [0.2, 0.25) is 0 Å². The molecule has 1 aliphatic heterocycles. The number of carbonyl (C=O) groups excluding carboxylic acids is 1. The van der Waals surface area contributed by atoms with E-state index in [2.05, 4.69) is 21.5 Å². The van der Waals surface area contributed by atoms with Gasteiger partial charge in [0.1, 0.15) is 11.5 Å². The Labute approximate surface area is 136 Å². The Morgan fingerprint density at radius 1 is 1.22 bits per heavy atom. The molecule has 4 rings (SSSR count). The van der Waals surface area contributed by atoms with Crippen molar-refractivity contribution in [2.75, 3.05) is 13.1 Å². The molecule has 1 saturated carbocycles. The van der Waals surface area contributed by atoms with Crippen molar-refractivity contribution < 1.29 is 4.79 Å². The number of nitrogens with zero attached hydrogens (tertiary/aromatic N) is 4. The standard InChI is InChI=1S/C18H22N4O/c1-13-11-20-17(14-7-8-14)22(13)15-5-4-10-21(12-15)18(23)16-6-2-3-9-19-16/h2-3,6,9,11,14-15H,4-5,7-8,10,12H2,1H3. The minimum atomic E-state index is 0.0426. The summed E-state index contributed by atoms with van der Waals surface area (Å²) in [6.07, 6.45) is 8.31. The molecule has 1 atom stereocenters. The topological polar surface area (TPSA) is 51.0 Å². The third-order valence-electron chi connectivity index (χ3n) is 4.89. The van der Waals surface area contributed by atoms with Crippen LogP contribution >= 0.6 is 0 Å². The molecule has 120 valence electrons. The molecular formula is C18H22N4O. The number of rotatable bonds is 3. The summed E-state index contributed by atoms with van der Waals surface area (Å²) < 4.78 is 2.38. The van der Waals surface area contributed by atoms with Crippen molar-refractivity contribution in [3.8, 4) is 0 Å². The number of piperidine rings is 1. The summed E-state index contributed by atoms with van der Waals surface area (Å²) >= 11 is 0. The van der Waals surface area contributed by atoms with Crippen LogP contribution in [0.25, 0.3) is 0 Å². The van der Waals surface area contributed by atoms with Gasteiger partial charge in [0, 0.05) is 37.1 Å². The zero-order valence-corrected chi connectivity index (χ0v) is 13.5. The molecule has 0 radical (unpaired) electrons. The maximum absolute atomic E-state index is 12.7. The molecule has 2 fully saturated rings. The monoisotopic (exact) mass is 310 g/mol. The SMILES string of the molecule is Cc1cnc(C2CC2)n1C1CCCN(C(=O)c2ccccn2)C1. The first-order valence-corrected chi connectivity index (χ1v) is 8.48. The molecule has 2 aliphatic rings. The Balaban J connectivity index is 1.56. The van der Waals surface area contributed by atoms with E-state index in [9.17, 15) is 4.79 Å². The van der Waals surface area contributed by atoms with Gasteiger partial charge >= 0.3 is 0 Å². The van der Waals surface area contributed by atoms with Crippen LogP contribution in [0.3, 0.4) is 0 Å². The van der Waals surface area contributed by atoms with Gasteiger partial charge < -0.3 is 9.47 Å². The number of amides is 1. The van der Waals surface area contributed by atoms with E-state index in [0.29, 0.717) is 17.7 Å². The van der Waals surface area contributed by atoms with E-state index >= 15 is 0 Å². The fraction of sp³-hybridized carbons (Fsp3) is 0.500. The maximum Gasteiger partial charge on any atom is 0.272 e. The van der Waals surface area contributed by atoms with Crippen molar-refractivity contribution >= 4 is 5.91 Å². The molecule has 0 spiro atoms. The van der Waals surface area contributed by atoms with E-state index in [4.69, 9.17) is 0 Å². The average Bonchev–Trinajstić information content (AvgIpc) is 3.37. The third kappa shape index (κ3) is 2.76. The van der Waals surface area contributed by atoms with Gasteiger partial charge in [-0.2, -0.15) is 0 Å². The van der Waals surface area contributed by atoms with Crippen LogP contribution < -0.4 is 0 Å². The summed E-state index contributed by atoms with van der Waals surface area (Å²) in [4.78, 5) is 23.5. The number of hydrogen-bond acceptors (Lipinski definition) is 3. The Morgan fingerprint density at radius 2 is 2.09 bits per heavy atom. The first kappa shape index (κ1) is 14.4. The number of carbonyl (C=O) groups is 1. The molecule has 1 aliphatic carbocycles. The number of hydrogen-bond donors (Lipinski definition) is 0. The summed E-state index contributed by atoms with van der Waals surface area (Å²) in [6, 6.07) is 5.85. The second kappa shape index (κ2) is 5.80. The quantitative estimate of drug-likeness (QED) is 0.876. The lowest BCUT2D eigenvalue weighted by Crippen LogP contribution is -2.41. The molecule has 23 heavy (non-hydrogen) atoms. The molecule has 0 aromatic carbocycles. The third-order valence-corrected chi connectivity index (χ3v) is 4.89. The van der Waals surface area contributed by atoms with Gasteiger partial charge in [0.15, 0.2) is 0 Å². The lowest BCUT2D eigenvalue weighted by Gasteiger charge is -2.34. The van der Waals surface area contributed by atoms with Crippen LogP contribution in [0.15, 0.2) is 30.6 Å². The van der Waals surface area contributed by atoms with Crippen LogP contribution in [0.4, 0.5) is 0 Å². The highest BCUT2D eigenvalue weighted by Gasteiger charge is 2.33. The van der Waals surface area contributed by atoms with Gasteiger partial charge in [-0.3, -0.25) is 9.78 Å². The van der Waals surface area contributed by atoms with Gasteiger partial charge in [-0.25, -0.2) is 4.98 Å². The molecule has 1 amide bonds. The molecule has 5 nitrogen and oxygen atoms in total. The van der Waals surface area contributed by atoms with Gasteiger partial charge in [-0.15, -0.1) is 0 Å². The lowest BCUT2D eigenvalue weighted by atomic mass is 10.0. The van der Waals surface area contributed by atoms with E-state index < -0.39 is 0 Å². The fourth-order valence-corrected chi connectivity index (χ4v) is 3.58. The van der Waals surface area contributed by atoms with Crippen LogP contribution in [0.5, 0.6) is 0 Å². The van der Waals surface area contributed by atoms with E-state index in [1.807, 2.05) is 23.2 Å². The zero-order chi connectivity index (χ0) is 15.8. The number of pyridine rings is 1. The van der Waals surface area contributed by atoms with Crippen LogP contribution in [-0.4, -0.2) is 38.4 Å². The number of aromatic nitrogens is 3. The molecular weight excluding hydrogens is 288 g/mol. The summed E-state index contributed by atoms with van der Waals surface area (Å²) in [7, 11) is 0. The van der Waals surface area contributed by atoms with Crippen molar-refractivity contribution in [1.82, 2.24) is 19.4 Å². The second-order valence-electron chi connectivity index (χ2n) is 6.66. The zero-order valence-electron chi connectivity index (χ0n) is 13.5. The fourth-order valence-electron chi connectivity index (χ4n) is 3.58. The van der Waals surface area contributed by atoms with E-state index in [1.165, 1.54) is 24.4 Å². The molecule has 2 aromatic rings. The molecule has 5 heteroatoms. The largest absolute Gasteiger partial charge is 0.335 e. The summed E-state index contributed by atoms with van der Waals surface area (Å²) in [5, 5.41) is 0. The molecule has 2 aromatic heterocycles. The predicted molar refractivity (Wildman–Crippen MR) is 87.4 cm³/mol. The van der Waals surface area contributed by atoms with E-state index in [0.717, 1.165) is 25.9 Å². The predicted octanol–water partition coefficient (Wildman–Crippen LogP) is 2.94. The van der Waals surface area contributed by atoms with Gasteiger partial charge in [-0.1, -0.05) is 6.07 Å². The first-order chi connectivity index (χ1) is 11.2. The molecule has 0 bridgehead atoms. The highest BCUT2D eigenvalue weighted by Crippen LogP contribution is 2.41.